The fraction of sp³-hybridized carbons (Fsp3) is 0.318. The van der Waals surface area contributed by atoms with Gasteiger partial charge in [0.05, 0.1) is 0 Å². The molecule has 2 aromatic rings. The molecule has 0 spiro atoms. The Kier molecular flexibility index (Phi) is 9.27. The van der Waals surface area contributed by atoms with Gasteiger partial charge in [0.2, 0.25) is 5.91 Å². The lowest BCUT2D eigenvalue weighted by molar-refractivity contribution is -0.123. The molecule has 0 aliphatic rings. The zero-order valence-corrected chi connectivity index (χ0v) is 17.6. The maximum atomic E-state index is 12.4. The zero-order chi connectivity index (χ0) is 21.1. The molecule has 2 rings (SSSR count). The van der Waals surface area contributed by atoms with Crippen LogP contribution in [0.25, 0.3) is 11.1 Å². The largest absolute Gasteiger partial charge is 0.385 e. The third-order valence-corrected chi connectivity index (χ3v) is 4.71. The van der Waals surface area contributed by atoms with Crippen molar-refractivity contribution in [3.8, 4) is 11.1 Å². The first-order chi connectivity index (χ1) is 14.0. The van der Waals surface area contributed by atoms with Crippen molar-refractivity contribution in [1.82, 2.24) is 15.8 Å². The second-order valence-corrected chi connectivity index (χ2v) is 6.93. The summed E-state index contributed by atoms with van der Waals surface area (Å²) in [5.74, 6) is -0.328. The molecule has 0 atom stereocenters. The van der Waals surface area contributed by atoms with Crippen LogP contribution >= 0.6 is 12.2 Å². The molecular weight excluding hydrogens is 386 g/mol. The maximum Gasteiger partial charge on any atom is 0.239 e. The predicted molar refractivity (Wildman–Crippen MR) is 118 cm³/mol. The molecular formula is C22H27N3O3S. The fourth-order valence-corrected chi connectivity index (χ4v) is 2.82. The Hall–Kier alpha value is -2.77. The Balaban J connectivity index is 1.76. The van der Waals surface area contributed by atoms with Crippen molar-refractivity contribution < 1.29 is 14.3 Å². The highest BCUT2D eigenvalue weighted by molar-refractivity contribution is 7.80. The minimum Gasteiger partial charge on any atom is -0.385 e. The van der Waals surface area contributed by atoms with Crippen LogP contribution in [0.3, 0.4) is 0 Å². The normalized spacial score (nSPS) is 10.3. The average molecular weight is 414 g/mol. The number of rotatable bonds is 9. The summed E-state index contributed by atoms with van der Waals surface area (Å²) in [6.07, 6.45) is 1.05. The van der Waals surface area contributed by atoms with Crippen molar-refractivity contribution in [2.45, 2.75) is 19.3 Å². The van der Waals surface area contributed by atoms with Gasteiger partial charge in [-0.1, -0.05) is 54.6 Å². The molecule has 0 saturated heterocycles. The zero-order valence-electron chi connectivity index (χ0n) is 16.8. The Morgan fingerprint density at radius 1 is 1.00 bits per heavy atom. The molecule has 0 fully saturated rings. The van der Waals surface area contributed by atoms with Gasteiger partial charge in [0, 0.05) is 45.7 Å². The summed E-state index contributed by atoms with van der Waals surface area (Å²) < 4.78 is 4.97. The van der Waals surface area contributed by atoms with Crippen molar-refractivity contribution >= 4 is 29.0 Å². The van der Waals surface area contributed by atoms with Crippen molar-refractivity contribution in [3.63, 3.8) is 0 Å². The lowest BCUT2D eigenvalue weighted by Gasteiger charge is -2.21. The maximum absolute atomic E-state index is 12.4. The van der Waals surface area contributed by atoms with E-state index in [-0.39, 0.29) is 24.5 Å². The van der Waals surface area contributed by atoms with Crippen LogP contribution < -0.4 is 10.7 Å². The number of benzene rings is 2. The van der Waals surface area contributed by atoms with Gasteiger partial charge < -0.3 is 10.1 Å². The Bertz CT molecular complexity index is 810. The topological polar surface area (TPSA) is 70.7 Å². The molecule has 0 heterocycles. The first-order valence-corrected chi connectivity index (χ1v) is 9.90. The highest BCUT2D eigenvalue weighted by Gasteiger charge is 2.12. The standard InChI is InChI=1S/C22H27N3O3S/c1-25(22(29)23-15-6-16-28-2)24-21(27)14-13-20(26)19-11-9-18(10-12-19)17-7-4-3-5-8-17/h3-5,7-12H,6,13-16H2,1-2H3,(H,23,29)(H,24,27). The van der Waals surface area contributed by atoms with Gasteiger partial charge in [-0.3, -0.25) is 20.0 Å². The molecule has 0 radical (unpaired) electrons. The lowest BCUT2D eigenvalue weighted by atomic mass is 10.0. The molecule has 0 aliphatic carbocycles. The van der Waals surface area contributed by atoms with Crippen LogP contribution in [-0.4, -0.2) is 49.1 Å². The van der Waals surface area contributed by atoms with Crippen LogP contribution in [0.5, 0.6) is 0 Å². The van der Waals surface area contributed by atoms with Crippen LogP contribution in [0.15, 0.2) is 54.6 Å². The van der Waals surface area contributed by atoms with Crippen molar-refractivity contribution in [3.05, 3.63) is 60.2 Å². The molecule has 0 saturated carbocycles. The number of hydrogen-bond acceptors (Lipinski definition) is 4. The molecule has 0 aromatic heterocycles. The summed E-state index contributed by atoms with van der Waals surface area (Å²) in [5, 5.41) is 4.89. The summed E-state index contributed by atoms with van der Waals surface area (Å²) in [5.41, 5.74) is 5.41. The number of hydrogen-bond donors (Lipinski definition) is 2. The van der Waals surface area contributed by atoms with Crippen molar-refractivity contribution in [2.75, 3.05) is 27.3 Å². The molecule has 0 bridgehead atoms. The number of carbonyl (C=O) groups excluding carboxylic acids is 2. The molecule has 0 aliphatic heterocycles. The number of methoxy groups -OCH3 is 1. The number of Topliss-reactive ketones (excluding diaryl/α,β-unsaturated/α-hetero) is 1. The fourth-order valence-electron chi connectivity index (χ4n) is 2.67. The number of carbonyl (C=O) groups is 2. The molecule has 29 heavy (non-hydrogen) atoms. The molecule has 2 N–H and O–H groups in total. The van der Waals surface area contributed by atoms with Gasteiger partial charge in [-0.05, 0) is 29.8 Å². The summed E-state index contributed by atoms with van der Waals surface area (Å²) >= 11 is 5.20. The molecule has 6 nitrogen and oxygen atoms in total. The Morgan fingerprint density at radius 3 is 2.31 bits per heavy atom. The smallest absolute Gasteiger partial charge is 0.239 e. The average Bonchev–Trinajstić information content (AvgIpc) is 2.75. The van der Waals surface area contributed by atoms with Gasteiger partial charge in [-0.15, -0.1) is 0 Å². The van der Waals surface area contributed by atoms with E-state index in [1.165, 1.54) is 5.01 Å². The summed E-state index contributed by atoms with van der Waals surface area (Å²) in [4.78, 5) is 24.5. The van der Waals surface area contributed by atoms with E-state index in [2.05, 4.69) is 10.7 Å². The SMILES string of the molecule is COCCCNC(=S)N(C)NC(=O)CCC(=O)c1ccc(-c2ccccc2)cc1. The Labute approximate surface area is 177 Å². The van der Waals surface area contributed by atoms with Crippen molar-refractivity contribution in [2.24, 2.45) is 0 Å². The minimum absolute atomic E-state index is 0.0670. The van der Waals surface area contributed by atoms with Crippen molar-refractivity contribution in [1.29, 1.82) is 0 Å². The number of hydrazine groups is 1. The number of ether oxygens (including phenoxy) is 1. The quantitative estimate of drug-likeness (QED) is 0.285. The number of nitrogens with zero attached hydrogens (tertiary/aromatic N) is 1. The summed E-state index contributed by atoms with van der Waals surface area (Å²) in [6, 6.07) is 17.4. The van der Waals surface area contributed by atoms with E-state index in [1.54, 1.807) is 26.3 Å². The number of ketones is 1. The minimum atomic E-state index is -0.261. The van der Waals surface area contributed by atoms with E-state index >= 15 is 0 Å². The predicted octanol–water partition coefficient (Wildman–Crippen LogP) is 3.19. The van der Waals surface area contributed by atoms with Gasteiger partial charge in [0.25, 0.3) is 0 Å². The highest BCUT2D eigenvalue weighted by Crippen LogP contribution is 2.19. The van der Waals surface area contributed by atoms with Gasteiger partial charge in [0.15, 0.2) is 10.9 Å². The summed E-state index contributed by atoms with van der Waals surface area (Å²) in [6.45, 7) is 1.30. The van der Waals surface area contributed by atoms with E-state index in [0.29, 0.717) is 23.8 Å². The van der Waals surface area contributed by atoms with Crippen LogP contribution in [-0.2, 0) is 9.53 Å². The van der Waals surface area contributed by atoms with Gasteiger partial charge in [-0.2, -0.15) is 0 Å². The van der Waals surface area contributed by atoms with Crippen LogP contribution in [0.1, 0.15) is 29.6 Å². The molecule has 0 unspecified atom stereocenters. The highest BCUT2D eigenvalue weighted by atomic mass is 32.1. The molecule has 2 aromatic carbocycles. The van der Waals surface area contributed by atoms with E-state index in [9.17, 15) is 9.59 Å². The number of thiocarbonyl (C=S) groups is 1. The monoisotopic (exact) mass is 413 g/mol. The van der Waals surface area contributed by atoms with E-state index in [0.717, 1.165) is 17.5 Å². The first kappa shape index (κ1) is 22.5. The number of nitrogens with one attached hydrogen (secondary N) is 2. The summed E-state index contributed by atoms with van der Waals surface area (Å²) in [7, 11) is 3.30. The lowest BCUT2D eigenvalue weighted by Crippen LogP contribution is -2.48. The van der Waals surface area contributed by atoms with Gasteiger partial charge in [-0.25, -0.2) is 0 Å². The van der Waals surface area contributed by atoms with E-state index in [1.807, 2.05) is 42.5 Å². The number of amides is 1. The third kappa shape index (κ3) is 7.63. The third-order valence-electron chi connectivity index (χ3n) is 4.29. The second kappa shape index (κ2) is 11.9. The van der Waals surface area contributed by atoms with E-state index < -0.39 is 0 Å². The first-order valence-electron chi connectivity index (χ1n) is 9.50. The van der Waals surface area contributed by atoms with Crippen LogP contribution in [0.4, 0.5) is 0 Å². The van der Waals surface area contributed by atoms with Gasteiger partial charge >= 0.3 is 0 Å². The van der Waals surface area contributed by atoms with Crippen LogP contribution in [0.2, 0.25) is 0 Å². The van der Waals surface area contributed by atoms with Gasteiger partial charge in [0.1, 0.15) is 0 Å². The molecule has 7 heteroatoms. The molecule has 154 valence electrons. The molecule has 1 amide bonds. The Morgan fingerprint density at radius 2 is 1.66 bits per heavy atom. The van der Waals surface area contributed by atoms with E-state index in [4.69, 9.17) is 17.0 Å². The second-order valence-electron chi connectivity index (χ2n) is 6.54. The van der Waals surface area contributed by atoms with Crippen LogP contribution in [0, 0.1) is 0 Å².